The van der Waals surface area contributed by atoms with E-state index >= 15 is 0 Å². The molecule has 0 saturated carbocycles. The quantitative estimate of drug-likeness (QED) is 0.566. The fourth-order valence-corrected chi connectivity index (χ4v) is 2.08. The number of carbonyl (C=O) groups is 1. The van der Waals surface area contributed by atoms with Crippen molar-refractivity contribution in [3.63, 3.8) is 0 Å². The number of fused-ring (bicyclic) bond motifs is 1. The van der Waals surface area contributed by atoms with E-state index in [-0.39, 0.29) is 12.1 Å². The summed E-state index contributed by atoms with van der Waals surface area (Å²) in [7, 11) is 0. The summed E-state index contributed by atoms with van der Waals surface area (Å²) in [5, 5.41) is 20.4. The lowest BCUT2D eigenvalue weighted by atomic mass is 10.0. The van der Waals surface area contributed by atoms with Gasteiger partial charge >= 0.3 is 5.97 Å². The molecule has 0 saturated heterocycles. The molecule has 0 aliphatic rings. The van der Waals surface area contributed by atoms with Crippen molar-refractivity contribution in [2.45, 2.75) is 12.5 Å². The van der Waals surface area contributed by atoms with E-state index in [4.69, 9.17) is 10.8 Å². The minimum atomic E-state index is -1.15. The summed E-state index contributed by atoms with van der Waals surface area (Å²) < 4.78 is 0. The van der Waals surface area contributed by atoms with Gasteiger partial charge in [0.25, 0.3) is 5.69 Å². The number of nitrogens with one attached hydrogen (secondary N) is 1. The first-order valence-corrected chi connectivity index (χ1v) is 5.83. The van der Waals surface area contributed by atoms with Crippen LogP contribution in [0, 0.1) is 10.1 Å². The van der Waals surface area contributed by atoms with E-state index in [0.29, 0.717) is 22.0 Å². The summed E-state index contributed by atoms with van der Waals surface area (Å²) in [6.45, 7) is 3.58. The number of aliphatic carboxylic acids is 1. The number of non-ortho nitro benzene ring substituents is 1. The van der Waals surface area contributed by atoms with Crippen LogP contribution < -0.4 is 5.73 Å². The largest absolute Gasteiger partial charge is 0.480 e. The molecule has 1 atom stereocenters. The predicted molar refractivity (Wildman–Crippen MR) is 74.4 cm³/mol. The van der Waals surface area contributed by atoms with E-state index in [0.717, 1.165) is 0 Å². The highest BCUT2D eigenvalue weighted by atomic mass is 16.6. The molecule has 1 aromatic carbocycles. The number of carboxylic acid groups (broad SMARTS) is 1. The molecule has 1 heterocycles. The van der Waals surface area contributed by atoms with Gasteiger partial charge in [0.1, 0.15) is 6.04 Å². The molecule has 7 heteroatoms. The van der Waals surface area contributed by atoms with Crippen LogP contribution in [-0.2, 0) is 11.2 Å². The summed E-state index contributed by atoms with van der Waals surface area (Å²) in [4.78, 5) is 24.4. The van der Waals surface area contributed by atoms with Gasteiger partial charge in [-0.2, -0.15) is 0 Å². The maximum Gasteiger partial charge on any atom is 0.320 e. The number of carboxylic acids is 1. The standard InChI is InChI=1S/C13H13N3O4/c1-2-7-3-10-12(11(4-7)16(19)20)8(6-15-10)5-9(14)13(17)18/h2-4,6,9,15H,1,5,14H2,(H,17,18). The molecule has 7 nitrogen and oxygen atoms in total. The highest BCUT2D eigenvalue weighted by molar-refractivity contribution is 5.94. The van der Waals surface area contributed by atoms with E-state index in [9.17, 15) is 14.9 Å². The molecule has 0 amide bonds. The Morgan fingerprint density at radius 3 is 2.85 bits per heavy atom. The first-order chi connectivity index (χ1) is 9.43. The highest BCUT2D eigenvalue weighted by Crippen LogP contribution is 2.31. The minimum Gasteiger partial charge on any atom is -0.480 e. The topological polar surface area (TPSA) is 122 Å². The summed E-state index contributed by atoms with van der Waals surface area (Å²) in [6.07, 6.45) is 3.08. The van der Waals surface area contributed by atoms with Gasteiger partial charge in [0, 0.05) is 18.7 Å². The number of nitrogens with zero attached hydrogens (tertiary/aromatic N) is 1. The van der Waals surface area contributed by atoms with Gasteiger partial charge in [0.2, 0.25) is 0 Å². The molecular formula is C13H13N3O4. The lowest BCUT2D eigenvalue weighted by Gasteiger charge is -2.05. The van der Waals surface area contributed by atoms with Crippen molar-refractivity contribution < 1.29 is 14.8 Å². The van der Waals surface area contributed by atoms with Gasteiger partial charge in [0.05, 0.1) is 15.8 Å². The van der Waals surface area contributed by atoms with Crippen LogP contribution >= 0.6 is 0 Å². The average molecular weight is 275 g/mol. The van der Waals surface area contributed by atoms with E-state index in [1.807, 2.05) is 0 Å². The number of benzene rings is 1. The highest BCUT2D eigenvalue weighted by Gasteiger charge is 2.21. The molecule has 0 bridgehead atoms. The predicted octanol–water partition coefficient (Wildman–Crippen LogP) is 1.67. The Hall–Kier alpha value is -2.67. The molecule has 1 unspecified atom stereocenters. The van der Waals surface area contributed by atoms with E-state index in [1.54, 1.807) is 12.3 Å². The van der Waals surface area contributed by atoms with Crippen molar-refractivity contribution in [2.24, 2.45) is 5.73 Å². The number of H-pyrrole nitrogens is 1. The second kappa shape index (κ2) is 5.14. The lowest BCUT2D eigenvalue weighted by molar-refractivity contribution is -0.383. The molecular weight excluding hydrogens is 262 g/mol. The van der Waals surface area contributed by atoms with Crippen LogP contribution in [0.5, 0.6) is 0 Å². The third-order valence-electron chi connectivity index (χ3n) is 3.05. The number of hydrogen-bond acceptors (Lipinski definition) is 4. The zero-order valence-corrected chi connectivity index (χ0v) is 10.5. The van der Waals surface area contributed by atoms with Crippen molar-refractivity contribution >= 4 is 28.6 Å². The molecule has 0 spiro atoms. The fraction of sp³-hybridized carbons (Fsp3) is 0.154. The molecule has 0 radical (unpaired) electrons. The van der Waals surface area contributed by atoms with Crippen molar-refractivity contribution in [3.05, 3.63) is 46.1 Å². The van der Waals surface area contributed by atoms with Crippen molar-refractivity contribution in [1.29, 1.82) is 0 Å². The molecule has 2 aromatic rings. The Morgan fingerprint density at radius 1 is 1.60 bits per heavy atom. The molecule has 0 aliphatic heterocycles. The van der Waals surface area contributed by atoms with Gasteiger partial charge in [-0.05, 0) is 17.2 Å². The Kier molecular flexibility index (Phi) is 3.53. The second-order valence-electron chi connectivity index (χ2n) is 4.39. The molecule has 20 heavy (non-hydrogen) atoms. The lowest BCUT2D eigenvalue weighted by Crippen LogP contribution is -2.32. The van der Waals surface area contributed by atoms with Crippen LogP contribution in [-0.4, -0.2) is 27.0 Å². The number of nitro benzene ring substituents is 1. The molecule has 1 aromatic heterocycles. The number of rotatable bonds is 5. The van der Waals surface area contributed by atoms with Crippen LogP contribution in [0.4, 0.5) is 5.69 Å². The zero-order chi connectivity index (χ0) is 14.9. The van der Waals surface area contributed by atoms with Crippen LogP contribution in [0.1, 0.15) is 11.1 Å². The zero-order valence-electron chi connectivity index (χ0n) is 10.5. The molecule has 104 valence electrons. The van der Waals surface area contributed by atoms with Gasteiger partial charge in [0.15, 0.2) is 0 Å². The number of hydrogen-bond donors (Lipinski definition) is 3. The van der Waals surface area contributed by atoms with Crippen LogP contribution in [0.15, 0.2) is 24.9 Å². The number of aromatic nitrogens is 1. The monoisotopic (exact) mass is 275 g/mol. The normalized spacial score (nSPS) is 12.2. The Morgan fingerprint density at radius 2 is 2.30 bits per heavy atom. The number of aromatic amines is 1. The Balaban J connectivity index is 2.61. The van der Waals surface area contributed by atoms with Crippen LogP contribution in [0.25, 0.3) is 17.0 Å². The first-order valence-electron chi connectivity index (χ1n) is 5.83. The summed E-state index contributed by atoms with van der Waals surface area (Å²) in [5.41, 5.74) is 7.07. The third kappa shape index (κ3) is 2.39. The van der Waals surface area contributed by atoms with Gasteiger partial charge < -0.3 is 15.8 Å². The fourth-order valence-electron chi connectivity index (χ4n) is 2.08. The molecule has 4 N–H and O–H groups in total. The van der Waals surface area contributed by atoms with E-state index in [2.05, 4.69) is 11.6 Å². The van der Waals surface area contributed by atoms with Crippen LogP contribution in [0.2, 0.25) is 0 Å². The number of nitro groups is 1. The van der Waals surface area contributed by atoms with Gasteiger partial charge in [-0.25, -0.2) is 0 Å². The summed E-state index contributed by atoms with van der Waals surface area (Å²) >= 11 is 0. The van der Waals surface area contributed by atoms with E-state index < -0.39 is 16.9 Å². The van der Waals surface area contributed by atoms with Crippen LogP contribution in [0.3, 0.4) is 0 Å². The molecule has 0 fully saturated rings. The van der Waals surface area contributed by atoms with Crippen molar-refractivity contribution in [1.82, 2.24) is 4.98 Å². The summed E-state index contributed by atoms with van der Waals surface area (Å²) in [5.74, 6) is -1.15. The van der Waals surface area contributed by atoms with Gasteiger partial charge in [-0.15, -0.1) is 0 Å². The van der Waals surface area contributed by atoms with Gasteiger partial charge in [-0.1, -0.05) is 12.7 Å². The maximum atomic E-state index is 11.2. The smallest absolute Gasteiger partial charge is 0.320 e. The summed E-state index contributed by atoms with van der Waals surface area (Å²) in [6, 6.07) is 2.01. The Bertz CT molecular complexity index is 705. The molecule has 0 aliphatic carbocycles. The van der Waals surface area contributed by atoms with Gasteiger partial charge in [-0.3, -0.25) is 14.9 Å². The minimum absolute atomic E-state index is 0.0175. The maximum absolute atomic E-state index is 11.2. The third-order valence-corrected chi connectivity index (χ3v) is 3.05. The Labute approximate surface area is 113 Å². The van der Waals surface area contributed by atoms with Crippen molar-refractivity contribution in [2.75, 3.05) is 0 Å². The second-order valence-corrected chi connectivity index (χ2v) is 4.39. The molecule has 2 rings (SSSR count). The first kappa shape index (κ1) is 13.8. The van der Waals surface area contributed by atoms with E-state index in [1.165, 1.54) is 12.1 Å². The number of nitrogens with two attached hydrogens (primary N) is 1. The average Bonchev–Trinajstić information content (AvgIpc) is 2.80. The SMILES string of the molecule is C=Cc1cc([N+](=O)[O-])c2c(CC(N)C(=O)O)c[nH]c2c1. The van der Waals surface area contributed by atoms with Crippen molar-refractivity contribution in [3.8, 4) is 0 Å².